The van der Waals surface area contributed by atoms with Crippen LogP contribution in [0, 0.1) is 11.6 Å². The van der Waals surface area contributed by atoms with Crippen LogP contribution in [0.25, 0.3) is 10.9 Å². The third-order valence-corrected chi connectivity index (χ3v) is 5.13. The van der Waals surface area contributed by atoms with Gasteiger partial charge in [0.05, 0.1) is 35.5 Å². The molecule has 1 saturated heterocycles. The average molecular weight is 450 g/mol. The normalized spacial score (nSPS) is 18.9. The molecule has 0 amide bonds. The first-order valence-corrected chi connectivity index (χ1v) is 11.6. The lowest BCUT2D eigenvalue weighted by Gasteiger charge is -2.19. The van der Waals surface area contributed by atoms with Gasteiger partial charge in [-0.3, -0.25) is 0 Å². The predicted molar refractivity (Wildman–Crippen MR) is 112 cm³/mol. The number of aromatic nitrogens is 2. The Hall–Kier alpha value is -2.89. The zero-order chi connectivity index (χ0) is 22.2. The lowest BCUT2D eigenvalue weighted by molar-refractivity contribution is 0.0736. The quantitative estimate of drug-likeness (QED) is 0.615. The minimum Gasteiger partial charge on any atom is -0.483 e. The van der Waals surface area contributed by atoms with Crippen LogP contribution in [0.1, 0.15) is 0 Å². The van der Waals surface area contributed by atoms with Crippen molar-refractivity contribution >= 4 is 37.8 Å². The molecule has 4 rings (SSSR count). The molecule has 2 atom stereocenters. The van der Waals surface area contributed by atoms with Crippen LogP contribution < -0.4 is 10.1 Å². The van der Waals surface area contributed by atoms with E-state index in [-0.39, 0.29) is 41.4 Å². The molecule has 2 heterocycles. The predicted octanol–water partition coefficient (Wildman–Crippen LogP) is 3.15. The van der Waals surface area contributed by atoms with Crippen molar-refractivity contribution in [2.24, 2.45) is 4.36 Å². The van der Waals surface area contributed by atoms with Crippen molar-refractivity contribution in [2.45, 2.75) is 12.2 Å². The van der Waals surface area contributed by atoms with Gasteiger partial charge in [-0.25, -0.2) is 23.0 Å². The fourth-order valence-corrected chi connectivity index (χ4v) is 3.77. The molecule has 0 saturated carbocycles. The van der Waals surface area contributed by atoms with Gasteiger partial charge in [0.1, 0.15) is 35.6 Å². The lowest BCUT2D eigenvalue weighted by Crippen LogP contribution is -2.30. The second-order valence-electron chi connectivity index (χ2n) is 7.34. The number of ether oxygens (including phenoxy) is 2. The first kappa shape index (κ1) is 21.3. The van der Waals surface area contributed by atoms with Gasteiger partial charge >= 0.3 is 0 Å². The van der Waals surface area contributed by atoms with Gasteiger partial charge in [0.15, 0.2) is 6.10 Å². The number of benzene rings is 2. The van der Waals surface area contributed by atoms with Gasteiger partial charge in [-0.2, -0.15) is 4.36 Å². The number of aliphatic hydroxyl groups excluding tert-OH is 1. The topological polar surface area (TPSA) is 106 Å². The first-order chi connectivity index (χ1) is 14.7. The van der Waals surface area contributed by atoms with Gasteiger partial charge < -0.3 is 19.9 Å². The molecule has 31 heavy (non-hydrogen) atoms. The minimum absolute atomic E-state index is 0.0830. The van der Waals surface area contributed by atoms with Crippen molar-refractivity contribution in [3.63, 3.8) is 0 Å². The molecule has 1 aromatic heterocycles. The summed E-state index contributed by atoms with van der Waals surface area (Å²) in [7, 11) is -2.48. The Morgan fingerprint density at radius 2 is 2.03 bits per heavy atom. The van der Waals surface area contributed by atoms with Gasteiger partial charge in [0, 0.05) is 34.4 Å². The summed E-state index contributed by atoms with van der Waals surface area (Å²) >= 11 is 0. The first-order valence-electron chi connectivity index (χ1n) is 9.30. The molecule has 3 aromatic rings. The SMILES string of the molecule is CS(C)(=O)=Nc1cc(F)c2c(Nc3ccc(F)cc3O[C@H]3COC[C@@H]3O)ncnc2c1. The van der Waals surface area contributed by atoms with E-state index in [1.54, 1.807) is 0 Å². The zero-order valence-electron chi connectivity index (χ0n) is 16.7. The number of hydrogen-bond donors (Lipinski definition) is 2. The Bertz CT molecular complexity index is 1260. The fourth-order valence-electron chi connectivity index (χ4n) is 3.15. The molecular formula is C20H20F2N4O4S. The Morgan fingerprint density at radius 3 is 2.74 bits per heavy atom. The molecule has 1 aliphatic rings. The summed E-state index contributed by atoms with van der Waals surface area (Å²) in [6.07, 6.45) is 2.63. The summed E-state index contributed by atoms with van der Waals surface area (Å²) in [5.74, 6) is -0.957. The summed E-state index contributed by atoms with van der Waals surface area (Å²) < 4.78 is 55.6. The molecule has 164 valence electrons. The van der Waals surface area contributed by atoms with E-state index in [1.807, 2.05) is 0 Å². The average Bonchev–Trinajstić information content (AvgIpc) is 3.07. The molecule has 2 aromatic carbocycles. The van der Waals surface area contributed by atoms with Gasteiger partial charge in [-0.1, -0.05) is 0 Å². The lowest BCUT2D eigenvalue weighted by atomic mass is 10.2. The van der Waals surface area contributed by atoms with Crippen LogP contribution in [0.3, 0.4) is 0 Å². The van der Waals surface area contributed by atoms with E-state index in [0.717, 1.165) is 12.1 Å². The van der Waals surface area contributed by atoms with Gasteiger partial charge in [-0.15, -0.1) is 0 Å². The van der Waals surface area contributed by atoms with E-state index in [0.29, 0.717) is 5.69 Å². The number of fused-ring (bicyclic) bond motifs is 1. The molecule has 11 heteroatoms. The number of rotatable bonds is 5. The van der Waals surface area contributed by atoms with Crippen LogP contribution in [0.4, 0.5) is 26.0 Å². The number of halogens is 2. The van der Waals surface area contributed by atoms with Crippen molar-refractivity contribution < 1.29 is 27.6 Å². The van der Waals surface area contributed by atoms with E-state index >= 15 is 0 Å². The van der Waals surface area contributed by atoms with Crippen LogP contribution in [-0.2, 0) is 14.5 Å². The zero-order valence-corrected chi connectivity index (χ0v) is 17.5. The smallest absolute Gasteiger partial charge is 0.150 e. The highest BCUT2D eigenvalue weighted by Gasteiger charge is 2.29. The van der Waals surface area contributed by atoms with E-state index in [9.17, 15) is 18.1 Å². The van der Waals surface area contributed by atoms with Gasteiger partial charge in [-0.05, 0) is 18.2 Å². The number of nitrogens with zero attached hydrogens (tertiary/aromatic N) is 3. The molecule has 0 bridgehead atoms. The van der Waals surface area contributed by atoms with Crippen molar-refractivity contribution in [2.75, 3.05) is 31.0 Å². The monoisotopic (exact) mass is 450 g/mol. The number of aliphatic hydroxyl groups is 1. The van der Waals surface area contributed by atoms with E-state index in [1.165, 1.54) is 37.0 Å². The van der Waals surface area contributed by atoms with Gasteiger partial charge in [0.25, 0.3) is 0 Å². The van der Waals surface area contributed by atoms with Crippen LogP contribution in [-0.4, -0.2) is 57.2 Å². The minimum atomic E-state index is -2.48. The molecule has 1 aliphatic heterocycles. The maximum absolute atomic E-state index is 14.9. The summed E-state index contributed by atoms with van der Waals surface area (Å²) in [5, 5.41) is 13.0. The molecule has 1 fully saturated rings. The Morgan fingerprint density at radius 1 is 1.23 bits per heavy atom. The summed E-state index contributed by atoms with van der Waals surface area (Å²) in [5.41, 5.74) is 0.772. The van der Waals surface area contributed by atoms with Crippen molar-refractivity contribution in [1.29, 1.82) is 0 Å². The Balaban J connectivity index is 1.73. The molecule has 0 aliphatic carbocycles. The van der Waals surface area contributed by atoms with Crippen molar-refractivity contribution in [1.82, 2.24) is 9.97 Å². The summed E-state index contributed by atoms with van der Waals surface area (Å²) in [6.45, 7) is 0.284. The van der Waals surface area contributed by atoms with Crippen LogP contribution in [0.2, 0.25) is 0 Å². The van der Waals surface area contributed by atoms with Crippen LogP contribution in [0.5, 0.6) is 5.75 Å². The van der Waals surface area contributed by atoms with E-state index < -0.39 is 33.6 Å². The third kappa shape index (κ3) is 4.89. The second-order valence-corrected chi connectivity index (χ2v) is 9.89. The molecular weight excluding hydrogens is 430 g/mol. The van der Waals surface area contributed by atoms with E-state index in [4.69, 9.17) is 9.47 Å². The summed E-state index contributed by atoms with van der Waals surface area (Å²) in [6, 6.07) is 6.45. The Kier molecular flexibility index (Phi) is 5.73. The number of hydrogen-bond acceptors (Lipinski definition) is 8. The van der Waals surface area contributed by atoms with Crippen molar-refractivity contribution in [3.05, 3.63) is 48.3 Å². The maximum atomic E-state index is 14.9. The maximum Gasteiger partial charge on any atom is 0.150 e. The molecule has 8 nitrogen and oxygen atoms in total. The summed E-state index contributed by atoms with van der Waals surface area (Å²) in [4.78, 5) is 8.18. The highest BCUT2D eigenvalue weighted by atomic mass is 32.2. The number of anilines is 2. The second kappa shape index (κ2) is 8.33. The fraction of sp³-hybridized carbons (Fsp3) is 0.300. The van der Waals surface area contributed by atoms with Crippen LogP contribution in [0.15, 0.2) is 41.0 Å². The standard InChI is InChI=1S/C20H20F2N4O4S/c1-31(2,28)26-12-6-13(22)19-15(7-12)23-10-24-20(19)25-14-4-3-11(21)5-17(14)30-18-9-29-8-16(18)27/h3-7,10,16,18,27H,8-9H2,1-2H3,(H,23,24,25)/t16-,18-/m0/s1. The molecule has 0 unspecified atom stereocenters. The molecule has 2 N–H and O–H groups in total. The number of nitrogens with one attached hydrogen (secondary N) is 1. The largest absolute Gasteiger partial charge is 0.483 e. The molecule has 0 spiro atoms. The highest BCUT2D eigenvalue weighted by molar-refractivity contribution is 7.92. The highest BCUT2D eigenvalue weighted by Crippen LogP contribution is 2.34. The molecule has 0 radical (unpaired) electrons. The van der Waals surface area contributed by atoms with Crippen molar-refractivity contribution in [3.8, 4) is 5.75 Å². The third-order valence-electron chi connectivity index (χ3n) is 4.47. The van der Waals surface area contributed by atoms with Crippen LogP contribution >= 0.6 is 0 Å². The van der Waals surface area contributed by atoms with Gasteiger partial charge in [0.2, 0.25) is 0 Å². The Labute approximate surface area is 177 Å². The van der Waals surface area contributed by atoms with E-state index in [2.05, 4.69) is 19.6 Å².